The van der Waals surface area contributed by atoms with Crippen LogP contribution in [0.15, 0.2) is 36.8 Å². The van der Waals surface area contributed by atoms with E-state index in [1.54, 1.807) is 18.6 Å². The largest absolute Gasteiger partial charge is 0.486 e. The maximum Gasteiger partial charge on any atom is 0.163 e. The molecule has 0 aliphatic carbocycles. The number of nitrogens with one attached hydrogen (secondary N) is 1. The zero-order valence-corrected chi connectivity index (χ0v) is 9.80. The average molecular weight is 243 g/mol. The number of fused-ring (bicyclic) bond motifs is 1. The quantitative estimate of drug-likeness (QED) is 0.891. The number of rotatable bonds is 3. The number of benzene rings is 1. The minimum atomic E-state index is 0.598. The van der Waals surface area contributed by atoms with Crippen molar-refractivity contribution in [2.75, 3.05) is 18.5 Å². The molecule has 0 spiro atoms. The SMILES string of the molecule is c1cnc(CNc2ccc3c(c2)OCCO3)cn1. The minimum absolute atomic E-state index is 0.598. The molecule has 1 aromatic heterocycles. The summed E-state index contributed by atoms with van der Waals surface area (Å²) < 4.78 is 11.0. The van der Waals surface area contributed by atoms with Gasteiger partial charge in [0.1, 0.15) is 13.2 Å². The molecular weight excluding hydrogens is 230 g/mol. The monoisotopic (exact) mass is 243 g/mol. The summed E-state index contributed by atoms with van der Waals surface area (Å²) in [4.78, 5) is 8.22. The van der Waals surface area contributed by atoms with Gasteiger partial charge < -0.3 is 14.8 Å². The summed E-state index contributed by atoms with van der Waals surface area (Å²) in [5, 5.41) is 3.27. The maximum absolute atomic E-state index is 5.52. The number of ether oxygens (including phenoxy) is 2. The van der Waals surface area contributed by atoms with Crippen molar-refractivity contribution < 1.29 is 9.47 Å². The molecule has 0 atom stereocenters. The Balaban J connectivity index is 1.70. The molecule has 0 unspecified atom stereocenters. The average Bonchev–Trinajstić information content (AvgIpc) is 2.46. The Morgan fingerprint density at radius 2 is 2.00 bits per heavy atom. The third-order valence-corrected chi connectivity index (χ3v) is 2.63. The van der Waals surface area contributed by atoms with Crippen LogP contribution in [0.2, 0.25) is 0 Å². The van der Waals surface area contributed by atoms with Crippen LogP contribution in [0.1, 0.15) is 5.69 Å². The van der Waals surface area contributed by atoms with Crippen LogP contribution in [0.3, 0.4) is 0 Å². The van der Waals surface area contributed by atoms with Gasteiger partial charge in [0.15, 0.2) is 11.5 Å². The second-order valence-corrected chi connectivity index (χ2v) is 3.91. The van der Waals surface area contributed by atoms with E-state index in [1.165, 1.54) is 0 Å². The number of anilines is 1. The second-order valence-electron chi connectivity index (χ2n) is 3.91. The van der Waals surface area contributed by atoms with Gasteiger partial charge in [-0.1, -0.05) is 0 Å². The Morgan fingerprint density at radius 1 is 1.11 bits per heavy atom. The van der Waals surface area contributed by atoms with Crippen LogP contribution in [0.5, 0.6) is 11.5 Å². The summed E-state index contributed by atoms with van der Waals surface area (Å²) in [5.41, 5.74) is 1.87. The molecule has 0 fully saturated rings. The Kier molecular flexibility index (Phi) is 2.96. The predicted molar refractivity (Wildman–Crippen MR) is 66.8 cm³/mol. The predicted octanol–water partition coefficient (Wildman–Crippen LogP) is 1.86. The summed E-state index contributed by atoms with van der Waals surface area (Å²) in [5.74, 6) is 1.58. The minimum Gasteiger partial charge on any atom is -0.486 e. The highest BCUT2D eigenvalue weighted by molar-refractivity contribution is 5.55. The molecular formula is C13H13N3O2. The van der Waals surface area contributed by atoms with Gasteiger partial charge in [-0.15, -0.1) is 0 Å². The first-order chi connectivity index (χ1) is 8.92. The molecule has 0 radical (unpaired) electrons. The third kappa shape index (κ3) is 2.34. The standard InChI is InChI=1S/C13H13N3O2/c1-2-12-13(18-6-5-17-12)7-10(1)16-9-11-8-14-3-4-15-11/h1-4,7-8,16H,5-6,9H2. The molecule has 1 aliphatic rings. The fraction of sp³-hybridized carbons (Fsp3) is 0.231. The molecule has 18 heavy (non-hydrogen) atoms. The summed E-state index contributed by atoms with van der Waals surface area (Å²) in [6.45, 7) is 1.84. The van der Waals surface area contributed by atoms with Crippen molar-refractivity contribution >= 4 is 5.69 Å². The molecule has 2 aromatic rings. The molecule has 5 heteroatoms. The normalized spacial score (nSPS) is 13.1. The van der Waals surface area contributed by atoms with Gasteiger partial charge >= 0.3 is 0 Å². The molecule has 0 saturated carbocycles. The van der Waals surface area contributed by atoms with E-state index >= 15 is 0 Å². The van der Waals surface area contributed by atoms with Gasteiger partial charge in [-0.3, -0.25) is 9.97 Å². The smallest absolute Gasteiger partial charge is 0.163 e. The number of aromatic nitrogens is 2. The Morgan fingerprint density at radius 3 is 2.83 bits per heavy atom. The highest BCUT2D eigenvalue weighted by Crippen LogP contribution is 2.32. The molecule has 92 valence electrons. The van der Waals surface area contributed by atoms with Crippen molar-refractivity contribution in [3.05, 3.63) is 42.5 Å². The topological polar surface area (TPSA) is 56.3 Å². The summed E-state index contributed by atoms with van der Waals surface area (Å²) in [6, 6.07) is 5.81. The molecule has 1 N–H and O–H groups in total. The lowest BCUT2D eigenvalue weighted by atomic mass is 10.2. The van der Waals surface area contributed by atoms with Gasteiger partial charge in [0.25, 0.3) is 0 Å². The fourth-order valence-electron chi connectivity index (χ4n) is 1.77. The lowest BCUT2D eigenvalue weighted by Gasteiger charge is -2.19. The third-order valence-electron chi connectivity index (χ3n) is 2.63. The van der Waals surface area contributed by atoms with Crippen LogP contribution in [0.4, 0.5) is 5.69 Å². The van der Waals surface area contributed by atoms with E-state index in [4.69, 9.17) is 9.47 Å². The number of hydrogen-bond donors (Lipinski definition) is 1. The van der Waals surface area contributed by atoms with E-state index in [2.05, 4.69) is 15.3 Å². The Labute approximate surface area is 105 Å². The van der Waals surface area contributed by atoms with Crippen LogP contribution >= 0.6 is 0 Å². The van der Waals surface area contributed by atoms with E-state index in [9.17, 15) is 0 Å². The highest BCUT2D eigenvalue weighted by Gasteiger charge is 2.11. The van der Waals surface area contributed by atoms with Crippen molar-refractivity contribution in [1.82, 2.24) is 9.97 Å². The molecule has 0 amide bonds. The molecule has 0 bridgehead atoms. The zero-order chi connectivity index (χ0) is 12.2. The van der Waals surface area contributed by atoms with Crippen molar-refractivity contribution in [1.29, 1.82) is 0 Å². The van der Waals surface area contributed by atoms with Gasteiger partial charge in [-0.2, -0.15) is 0 Å². The van der Waals surface area contributed by atoms with Crippen LogP contribution < -0.4 is 14.8 Å². The molecule has 3 rings (SSSR count). The molecule has 1 aromatic carbocycles. The molecule has 2 heterocycles. The van der Waals surface area contributed by atoms with Crippen molar-refractivity contribution in [3.8, 4) is 11.5 Å². The van der Waals surface area contributed by atoms with E-state index in [-0.39, 0.29) is 0 Å². The summed E-state index contributed by atoms with van der Waals surface area (Å²) in [6.07, 6.45) is 5.08. The van der Waals surface area contributed by atoms with Gasteiger partial charge in [-0.05, 0) is 12.1 Å². The summed E-state index contributed by atoms with van der Waals surface area (Å²) >= 11 is 0. The molecule has 5 nitrogen and oxygen atoms in total. The van der Waals surface area contributed by atoms with Gasteiger partial charge in [0.2, 0.25) is 0 Å². The Bertz CT molecular complexity index is 531. The number of hydrogen-bond acceptors (Lipinski definition) is 5. The first-order valence-electron chi connectivity index (χ1n) is 5.80. The van der Waals surface area contributed by atoms with Crippen molar-refractivity contribution in [3.63, 3.8) is 0 Å². The lowest BCUT2D eigenvalue weighted by molar-refractivity contribution is 0.171. The number of nitrogens with zero attached hydrogens (tertiary/aromatic N) is 2. The van der Waals surface area contributed by atoms with Crippen molar-refractivity contribution in [2.24, 2.45) is 0 Å². The zero-order valence-electron chi connectivity index (χ0n) is 9.80. The van der Waals surface area contributed by atoms with Crippen LogP contribution in [-0.4, -0.2) is 23.2 Å². The van der Waals surface area contributed by atoms with E-state index in [1.807, 2.05) is 18.2 Å². The van der Waals surface area contributed by atoms with Gasteiger partial charge in [0, 0.05) is 24.1 Å². The van der Waals surface area contributed by atoms with Crippen LogP contribution in [0, 0.1) is 0 Å². The first-order valence-corrected chi connectivity index (χ1v) is 5.80. The molecule has 1 aliphatic heterocycles. The van der Waals surface area contributed by atoms with E-state index in [0.717, 1.165) is 22.9 Å². The first kappa shape index (κ1) is 10.8. The second kappa shape index (κ2) is 4.91. The maximum atomic E-state index is 5.52. The fourth-order valence-corrected chi connectivity index (χ4v) is 1.77. The van der Waals surface area contributed by atoms with E-state index in [0.29, 0.717) is 19.8 Å². The van der Waals surface area contributed by atoms with Gasteiger partial charge in [0.05, 0.1) is 18.4 Å². The Hall–Kier alpha value is -2.30. The van der Waals surface area contributed by atoms with Crippen LogP contribution in [0.25, 0.3) is 0 Å². The molecule has 0 saturated heterocycles. The van der Waals surface area contributed by atoms with Gasteiger partial charge in [-0.25, -0.2) is 0 Å². The lowest BCUT2D eigenvalue weighted by Crippen LogP contribution is -2.15. The highest BCUT2D eigenvalue weighted by atomic mass is 16.6. The van der Waals surface area contributed by atoms with Crippen LogP contribution in [-0.2, 0) is 6.54 Å². The summed E-state index contributed by atoms with van der Waals surface area (Å²) in [7, 11) is 0. The van der Waals surface area contributed by atoms with Crippen molar-refractivity contribution in [2.45, 2.75) is 6.54 Å². The van der Waals surface area contributed by atoms with E-state index < -0.39 is 0 Å².